The maximum Gasteiger partial charge on any atom is 0.277 e. The highest BCUT2D eigenvalue weighted by Crippen LogP contribution is 2.26. The summed E-state index contributed by atoms with van der Waals surface area (Å²) in [4.78, 5) is 25.2. The molecule has 0 bridgehead atoms. The zero-order valence-electron chi connectivity index (χ0n) is 13.3. The van der Waals surface area contributed by atoms with Crippen LogP contribution >= 0.6 is 0 Å². The van der Waals surface area contributed by atoms with Crippen molar-refractivity contribution in [3.63, 3.8) is 0 Å². The summed E-state index contributed by atoms with van der Waals surface area (Å²) < 4.78 is 40.4. The molecule has 1 heterocycles. The first kappa shape index (κ1) is 17.5. The lowest BCUT2D eigenvalue weighted by molar-refractivity contribution is -0.137. The summed E-state index contributed by atoms with van der Waals surface area (Å²) in [7, 11) is 0. The number of benzene rings is 2. The number of imide groups is 1. The Balaban J connectivity index is 1.70. The monoisotopic (exact) mass is 362 g/mol. The topological polar surface area (TPSA) is 69.6 Å². The fourth-order valence-corrected chi connectivity index (χ4v) is 2.54. The van der Waals surface area contributed by atoms with E-state index in [0.717, 1.165) is 23.1 Å². The largest absolute Gasteiger partial charge is 0.503 e. The van der Waals surface area contributed by atoms with Crippen LogP contribution in [0.2, 0.25) is 0 Å². The number of carbonyl (C=O) groups excluding carboxylic acids is 2. The molecule has 1 aliphatic heterocycles. The van der Waals surface area contributed by atoms with Crippen LogP contribution in [-0.2, 0) is 16.0 Å². The van der Waals surface area contributed by atoms with Gasteiger partial charge in [0.25, 0.3) is 11.8 Å². The van der Waals surface area contributed by atoms with Crippen LogP contribution in [-0.4, -0.2) is 28.4 Å². The minimum atomic E-state index is -1.21. The first-order valence-electron chi connectivity index (χ1n) is 7.63. The van der Waals surface area contributed by atoms with E-state index in [0.29, 0.717) is 5.56 Å². The fourth-order valence-electron chi connectivity index (χ4n) is 2.54. The highest BCUT2D eigenvalue weighted by atomic mass is 19.1. The Morgan fingerprint density at radius 2 is 1.65 bits per heavy atom. The molecule has 8 heteroatoms. The van der Waals surface area contributed by atoms with Crippen LogP contribution in [0.1, 0.15) is 5.56 Å². The molecule has 0 saturated heterocycles. The average Bonchev–Trinajstić information content (AvgIpc) is 2.85. The van der Waals surface area contributed by atoms with Crippen LogP contribution < -0.4 is 5.32 Å². The molecule has 0 radical (unpaired) electrons. The van der Waals surface area contributed by atoms with Crippen molar-refractivity contribution in [2.24, 2.45) is 0 Å². The van der Waals surface area contributed by atoms with Gasteiger partial charge in [-0.3, -0.25) is 14.5 Å². The third-order valence-electron chi connectivity index (χ3n) is 3.87. The summed E-state index contributed by atoms with van der Waals surface area (Å²) in [5.41, 5.74) is 0.0476. The number of hydrogen-bond donors (Lipinski definition) is 2. The molecule has 0 spiro atoms. The number of nitrogens with one attached hydrogen (secondary N) is 1. The lowest BCUT2D eigenvalue weighted by Crippen LogP contribution is -2.34. The van der Waals surface area contributed by atoms with E-state index < -0.39 is 35.0 Å². The molecule has 2 aromatic rings. The molecule has 0 atom stereocenters. The quantitative estimate of drug-likeness (QED) is 0.634. The number of carbonyl (C=O) groups is 2. The summed E-state index contributed by atoms with van der Waals surface area (Å²) in [6, 6.07) is 7.59. The number of phenolic OH excluding ortho intramolecular Hbond substituents is 1. The fraction of sp³-hybridized carbons (Fsp3) is 0.111. The van der Waals surface area contributed by atoms with E-state index >= 15 is 0 Å². The van der Waals surface area contributed by atoms with Gasteiger partial charge in [0, 0.05) is 30.4 Å². The molecule has 2 aromatic carbocycles. The molecule has 26 heavy (non-hydrogen) atoms. The van der Waals surface area contributed by atoms with Crippen molar-refractivity contribution in [3.05, 3.63) is 71.2 Å². The SMILES string of the molecule is O=C1C=C(Nc2cc(F)c(O)c(F)c2)C(=O)N1CCc1ccccc1F. The third-order valence-corrected chi connectivity index (χ3v) is 3.87. The zero-order valence-corrected chi connectivity index (χ0v) is 13.3. The van der Waals surface area contributed by atoms with E-state index in [-0.39, 0.29) is 24.4 Å². The van der Waals surface area contributed by atoms with Gasteiger partial charge in [-0.15, -0.1) is 0 Å². The Kier molecular flexibility index (Phi) is 4.66. The van der Waals surface area contributed by atoms with Gasteiger partial charge in [-0.25, -0.2) is 13.2 Å². The van der Waals surface area contributed by atoms with Crippen molar-refractivity contribution in [1.82, 2.24) is 4.90 Å². The normalized spacial score (nSPS) is 14.0. The molecule has 0 fully saturated rings. The molecule has 5 nitrogen and oxygen atoms in total. The smallest absolute Gasteiger partial charge is 0.277 e. The maximum absolute atomic E-state index is 13.6. The Hall–Kier alpha value is -3.29. The highest BCUT2D eigenvalue weighted by molar-refractivity contribution is 6.17. The number of rotatable bonds is 5. The van der Waals surface area contributed by atoms with Gasteiger partial charge in [-0.1, -0.05) is 18.2 Å². The molecule has 0 aromatic heterocycles. The van der Waals surface area contributed by atoms with E-state index in [1.54, 1.807) is 12.1 Å². The number of hydrogen-bond acceptors (Lipinski definition) is 4. The summed E-state index contributed by atoms with van der Waals surface area (Å²) in [6.07, 6.45) is 1.13. The van der Waals surface area contributed by atoms with Crippen LogP contribution in [0.25, 0.3) is 0 Å². The minimum Gasteiger partial charge on any atom is -0.503 e. The second kappa shape index (κ2) is 6.91. The van der Waals surface area contributed by atoms with Crippen LogP contribution in [0.4, 0.5) is 18.9 Å². The number of phenols is 1. The van der Waals surface area contributed by atoms with Crippen molar-refractivity contribution in [1.29, 1.82) is 0 Å². The summed E-state index contributed by atoms with van der Waals surface area (Å²) >= 11 is 0. The van der Waals surface area contributed by atoms with E-state index in [1.165, 1.54) is 12.1 Å². The predicted octanol–water partition coefficient (Wildman–Crippen LogP) is 2.72. The van der Waals surface area contributed by atoms with Crippen molar-refractivity contribution < 1.29 is 27.9 Å². The van der Waals surface area contributed by atoms with E-state index in [4.69, 9.17) is 5.11 Å². The Morgan fingerprint density at radius 1 is 1.00 bits per heavy atom. The van der Waals surface area contributed by atoms with Crippen LogP contribution in [0.15, 0.2) is 48.2 Å². The Morgan fingerprint density at radius 3 is 2.31 bits per heavy atom. The molecule has 2 N–H and O–H groups in total. The van der Waals surface area contributed by atoms with Crippen LogP contribution in [0, 0.1) is 17.5 Å². The molecular formula is C18H13F3N2O3. The van der Waals surface area contributed by atoms with Gasteiger partial charge >= 0.3 is 0 Å². The zero-order chi connectivity index (χ0) is 18.8. The van der Waals surface area contributed by atoms with E-state index in [9.17, 15) is 22.8 Å². The standard InChI is InChI=1S/C18H13F3N2O3/c19-12-4-2-1-3-10(12)5-6-23-16(24)9-15(18(23)26)22-11-7-13(20)17(25)14(21)8-11/h1-4,7-9,22,25H,5-6H2. The Bertz CT molecular complexity index is 905. The highest BCUT2D eigenvalue weighted by Gasteiger charge is 2.31. The molecule has 0 unspecified atom stereocenters. The first-order chi connectivity index (χ1) is 12.4. The van der Waals surface area contributed by atoms with Crippen molar-refractivity contribution in [2.45, 2.75) is 6.42 Å². The molecule has 1 aliphatic rings. The van der Waals surface area contributed by atoms with Gasteiger partial charge in [0.2, 0.25) is 0 Å². The van der Waals surface area contributed by atoms with Gasteiger partial charge in [0.1, 0.15) is 11.5 Å². The number of halogens is 3. The van der Waals surface area contributed by atoms with Crippen LogP contribution in [0.5, 0.6) is 5.75 Å². The maximum atomic E-state index is 13.6. The van der Waals surface area contributed by atoms with Gasteiger partial charge in [0.05, 0.1) is 0 Å². The second-order valence-corrected chi connectivity index (χ2v) is 5.61. The molecule has 2 amide bonds. The molecule has 134 valence electrons. The first-order valence-corrected chi connectivity index (χ1v) is 7.63. The predicted molar refractivity (Wildman–Crippen MR) is 86.6 cm³/mol. The average molecular weight is 362 g/mol. The van der Waals surface area contributed by atoms with Gasteiger partial charge in [-0.05, 0) is 18.1 Å². The summed E-state index contributed by atoms with van der Waals surface area (Å²) in [5.74, 6) is -5.30. The molecular weight excluding hydrogens is 349 g/mol. The Labute approximate surface area is 146 Å². The molecule has 3 rings (SSSR count). The number of amides is 2. The summed E-state index contributed by atoms with van der Waals surface area (Å²) in [5, 5.41) is 11.5. The second-order valence-electron chi connectivity index (χ2n) is 5.61. The minimum absolute atomic E-state index is 0.0431. The van der Waals surface area contributed by atoms with E-state index in [2.05, 4.69) is 5.32 Å². The molecule has 0 saturated carbocycles. The number of nitrogens with zero attached hydrogens (tertiary/aromatic N) is 1. The van der Waals surface area contributed by atoms with Gasteiger partial charge in [0.15, 0.2) is 17.4 Å². The van der Waals surface area contributed by atoms with Gasteiger partial charge in [-0.2, -0.15) is 0 Å². The number of aromatic hydroxyl groups is 1. The van der Waals surface area contributed by atoms with Gasteiger partial charge < -0.3 is 10.4 Å². The van der Waals surface area contributed by atoms with E-state index in [1.807, 2.05) is 0 Å². The van der Waals surface area contributed by atoms with Crippen molar-refractivity contribution in [3.8, 4) is 5.75 Å². The lowest BCUT2D eigenvalue weighted by Gasteiger charge is -2.15. The van der Waals surface area contributed by atoms with Crippen molar-refractivity contribution in [2.75, 3.05) is 11.9 Å². The molecule has 0 aliphatic carbocycles. The number of anilines is 1. The third kappa shape index (κ3) is 3.39. The van der Waals surface area contributed by atoms with Crippen LogP contribution in [0.3, 0.4) is 0 Å². The summed E-state index contributed by atoms with van der Waals surface area (Å²) in [6.45, 7) is -0.0431. The lowest BCUT2D eigenvalue weighted by atomic mass is 10.1. The van der Waals surface area contributed by atoms with Crippen molar-refractivity contribution >= 4 is 17.5 Å².